The number of hydrogen-bond donors (Lipinski definition) is 2. The van der Waals surface area contributed by atoms with Gasteiger partial charge in [-0.15, -0.1) is 0 Å². The number of anilines is 1. The molecule has 98 valence electrons. The monoisotopic (exact) mass is 330 g/mol. The van der Waals surface area contributed by atoms with Gasteiger partial charge in [0, 0.05) is 21.5 Å². The van der Waals surface area contributed by atoms with E-state index in [2.05, 4.69) is 21.2 Å². The Bertz CT molecular complexity index is 453. The smallest absolute Gasteiger partial charge is 0.227 e. The summed E-state index contributed by atoms with van der Waals surface area (Å²) in [4.78, 5) is 12.1. The molecule has 2 atom stereocenters. The van der Waals surface area contributed by atoms with Crippen molar-refractivity contribution in [3.05, 3.63) is 27.7 Å². The number of nitrogens with two attached hydrogens (primary N) is 1. The Balaban J connectivity index is 2.04. The Morgan fingerprint density at radius 2 is 2.22 bits per heavy atom. The lowest BCUT2D eigenvalue weighted by Crippen LogP contribution is -2.34. The first-order chi connectivity index (χ1) is 8.56. The predicted molar refractivity (Wildman–Crippen MR) is 77.7 cm³/mol. The highest BCUT2D eigenvalue weighted by Crippen LogP contribution is 2.29. The average molecular weight is 332 g/mol. The Kier molecular flexibility index (Phi) is 4.65. The van der Waals surface area contributed by atoms with Gasteiger partial charge in [-0.2, -0.15) is 0 Å². The molecule has 0 saturated heterocycles. The Morgan fingerprint density at radius 3 is 2.94 bits per heavy atom. The second-order valence-electron chi connectivity index (χ2n) is 4.74. The highest BCUT2D eigenvalue weighted by Gasteiger charge is 2.25. The van der Waals surface area contributed by atoms with Crippen LogP contribution in [0.3, 0.4) is 0 Å². The minimum atomic E-state index is 0.0135. The van der Waals surface area contributed by atoms with Crippen molar-refractivity contribution in [2.75, 3.05) is 5.32 Å². The van der Waals surface area contributed by atoms with E-state index in [0.29, 0.717) is 10.7 Å². The number of rotatable bonds is 2. The summed E-state index contributed by atoms with van der Waals surface area (Å²) < 4.78 is 0.834. The Morgan fingerprint density at radius 1 is 1.44 bits per heavy atom. The second kappa shape index (κ2) is 6.04. The molecule has 0 heterocycles. The molecular formula is C13H16BrClN2O. The average Bonchev–Trinajstić information content (AvgIpc) is 2.34. The first-order valence-electron chi connectivity index (χ1n) is 6.08. The molecular weight excluding hydrogens is 316 g/mol. The first kappa shape index (κ1) is 13.8. The number of nitrogens with one attached hydrogen (secondary N) is 1. The number of amides is 1. The molecule has 0 spiro atoms. The van der Waals surface area contributed by atoms with Crippen LogP contribution in [0.2, 0.25) is 5.02 Å². The lowest BCUT2D eigenvalue weighted by Gasteiger charge is -2.25. The van der Waals surface area contributed by atoms with Gasteiger partial charge in [0.05, 0.1) is 5.69 Å². The summed E-state index contributed by atoms with van der Waals surface area (Å²) in [6.07, 6.45) is 3.72. The normalized spacial score (nSPS) is 23.7. The van der Waals surface area contributed by atoms with E-state index in [1.54, 1.807) is 12.1 Å². The molecule has 18 heavy (non-hydrogen) atoms. The van der Waals surface area contributed by atoms with Crippen molar-refractivity contribution in [1.29, 1.82) is 0 Å². The molecule has 1 aliphatic rings. The van der Waals surface area contributed by atoms with Crippen molar-refractivity contribution in [3.8, 4) is 0 Å². The summed E-state index contributed by atoms with van der Waals surface area (Å²) >= 11 is 9.31. The zero-order chi connectivity index (χ0) is 13.1. The summed E-state index contributed by atoms with van der Waals surface area (Å²) in [6.45, 7) is 0. The molecule has 1 amide bonds. The van der Waals surface area contributed by atoms with Crippen molar-refractivity contribution in [3.63, 3.8) is 0 Å². The van der Waals surface area contributed by atoms with Crippen LogP contribution in [-0.2, 0) is 4.79 Å². The maximum absolute atomic E-state index is 12.1. The quantitative estimate of drug-likeness (QED) is 0.870. The van der Waals surface area contributed by atoms with Crippen LogP contribution in [-0.4, -0.2) is 11.9 Å². The predicted octanol–water partition coefficient (Wildman–Crippen LogP) is 3.56. The minimum absolute atomic E-state index is 0.0135. The van der Waals surface area contributed by atoms with Crippen LogP contribution in [0.1, 0.15) is 25.7 Å². The largest absolute Gasteiger partial charge is 0.328 e. The highest BCUT2D eigenvalue weighted by atomic mass is 79.9. The highest BCUT2D eigenvalue weighted by molar-refractivity contribution is 9.10. The fourth-order valence-electron chi connectivity index (χ4n) is 2.29. The summed E-state index contributed by atoms with van der Waals surface area (Å²) in [5.74, 6) is 0.0488. The summed E-state index contributed by atoms with van der Waals surface area (Å²) in [5.41, 5.74) is 6.61. The van der Waals surface area contributed by atoms with Crippen LogP contribution in [0.4, 0.5) is 5.69 Å². The molecule has 1 saturated carbocycles. The molecule has 0 bridgehead atoms. The fourth-order valence-corrected chi connectivity index (χ4v) is 2.81. The zero-order valence-electron chi connectivity index (χ0n) is 9.96. The third-order valence-corrected chi connectivity index (χ3v) is 4.20. The van der Waals surface area contributed by atoms with E-state index in [9.17, 15) is 4.79 Å². The minimum Gasteiger partial charge on any atom is -0.328 e. The van der Waals surface area contributed by atoms with Gasteiger partial charge in [-0.3, -0.25) is 4.79 Å². The van der Waals surface area contributed by atoms with Crippen LogP contribution in [0.5, 0.6) is 0 Å². The Labute approximate surface area is 120 Å². The summed E-state index contributed by atoms with van der Waals surface area (Å²) in [6, 6.07) is 5.49. The van der Waals surface area contributed by atoms with E-state index in [-0.39, 0.29) is 17.9 Å². The topological polar surface area (TPSA) is 55.1 Å². The molecule has 0 aliphatic heterocycles. The van der Waals surface area contributed by atoms with Gasteiger partial charge in [-0.1, -0.05) is 18.0 Å². The van der Waals surface area contributed by atoms with Crippen LogP contribution >= 0.6 is 27.5 Å². The van der Waals surface area contributed by atoms with Gasteiger partial charge in [0.25, 0.3) is 0 Å². The third kappa shape index (κ3) is 3.46. The van der Waals surface area contributed by atoms with Crippen molar-refractivity contribution < 1.29 is 4.79 Å². The van der Waals surface area contributed by atoms with Crippen LogP contribution < -0.4 is 11.1 Å². The van der Waals surface area contributed by atoms with E-state index >= 15 is 0 Å². The summed E-state index contributed by atoms with van der Waals surface area (Å²) in [5, 5.41) is 3.52. The molecule has 5 heteroatoms. The molecule has 1 aliphatic carbocycles. The number of halogens is 2. The van der Waals surface area contributed by atoms with E-state index in [4.69, 9.17) is 17.3 Å². The van der Waals surface area contributed by atoms with Crippen molar-refractivity contribution in [2.24, 2.45) is 11.7 Å². The van der Waals surface area contributed by atoms with Crippen LogP contribution in [0, 0.1) is 5.92 Å². The van der Waals surface area contributed by atoms with Gasteiger partial charge in [-0.25, -0.2) is 0 Å². The molecule has 1 aromatic rings. The number of carbonyl (C=O) groups excluding carboxylic acids is 1. The van der Waals surface area contributed by atoms with Crippen molar-refractivity contribution >= 4 is 39.1 Å². The van der Waals surface area contributed by atoms with Gasteiger partial charge >= 0.3 is 0 Å². The van der Waals surface area contributed by atoms with Gasteiger partial charge in [0.2, 0.25) is 5.91 Å². The summed E-state index contributed by atoms with van der Waals surface area (Å²) in [7, 11) is 0. The lowest BCUT2D eigenvalue weighted by atomic mass is 9.85. The van der Waals surface area contributed by atoms with Gasteiger partial charge in [0.1, 0.15) is 0 Å². The van der Waals surface area contributed by atoms with E-state index in [1.807, 2.05) is 6.07 Å². The molecule has 2 rings (SSSR count). The molecule has 0 radical (unpaired) electrons. The number of benzene rings is 1. The van der Waals surface area contributed by atoms with E-state index in [1.165, 1.54) is 0 Å². The maximum Gasteiger partial charge on any atom is 0.227 e. The van der Waals surface area contributed by atoms with Gasteiger partial charge in [-0.05, 0) is 53.4 Å². The number of hydrogen-bond acceptors (Lipinski definition) is 2. The molecule has 3 nitrogen and oxygen atoms in total. The van der Waals surface area contributed by atoms with Gasteiger partial charge in [0.15, 0.2) is 0 Å². The van der Waals surface area contributed by atoms with Crippen molar-refractivity contribution in [2.45, 2.75) is 31.7 Å². The van der Waals surface area contributed by atoms with Gasteiger partial charge < -0.3 is 11.1 Å². The van der Waals surface area contributed by atoms with E-state index in [0.717, 1.165) is 30.2 Å². The molecule has 0 aromatic heterocycles. The number of carbonyl (C=O) groups is 1. The molecule has 3 N–H and O–H groups in total. The molecule has 1 fully saturated rings. The first-order valence-corrected chi connectivity index (χ1v) is 7.25. The van der Waals surface area contributed by atoms with Crippen LogP contribution in [0.25, 0.3) is 0 Å². The lowest BCUT2D eigenvalue weighted by molar-refractivity contribution is -0.120. The maximum atomic E-state index is 12.1. The molecule has 1 aromatic carbocycles. The third-order valence-electron chi connectivity index (χ3n) is 3.27. The standard InChI is InChI=1S/C13H16BrClN2O/c14-11-5-4-9(15)7-12(11)17-13(18)8-2-1-3-10(16)6-8/h4-5,7-8,10H,1-3,6,16H2,(H,17,18). The fraction of sp³-hybridized carbons (Fsp3) is 0.462. The second-order valence-corrected chi connectivity index (χ2v) is 6.03. The SMILES string of the molecule is NC1CCCC(C(=O)Nc2cc(Cl)ccc2Br)C1. The Hall–Kier alpha value is -0.580. The zero-order valence-corrected chi connectivity index (χ0v) is 12.3. The molecule has 2 unspecified atom stereocenters. The van der Waals surface area contributed by atoms with E-state index < -0.39 is 0 Å². The van der Waals surface area contributed by atoms with Crippen molar-refractivity contribution in [1.82, 2.24) is 0 Å². The van der Waals surface area contributed by atoms with Crippen LogP contribution in [0.15, 0.2) is 22.7 Å².